The van der Waals surface area contributed by atoms with Gasteiger partial charge in [-0.3, -0.25) is 4.79 Å². The van der Waals surface area contributed by atoms with E-state index in [9.17, 15) is 4.79 Å². The number of methoxy groups -OCH3 is 1. The Morgan fingerprint density at radius 3 is 2.76 bits per heavy atom. The van der Waals surface area contributed by atoms with Gasteiger partial charge in [0.15, 0.2) is 11.6 Å². The largest absolute Gasteiger partial charge is 0.377 e. The Labute approximate surface area is 146 Å². The summed E-state index contributed by atoms with van der Waals surface area (Å²) in [5.74, 6) is 1.65. The fourth-order valence-corrected chi connectivity index (χ4v) is 3.44. The predicted octanol–water partition coefficient (Wildman–Crippen LogP) is 2.79. The molecule has 0 saturated heterocycles. The van der Waals surface area contributed by atoms with Crippen LogP contribution in [0.4, 0.5) is 0 Å². The van der Waals surface area contributed by atoms with Crippen molar-refractivity contribution >= 4 is 16.7 Å². The Balaban J connectivity index is 1.63. The summed E-state index contributed by atoms with van der Waals surface area (Å²) in [5, 5.41) is 10.7. The molecule has 1 atom stereocenters. The van der Waals surface area contributed by atoms with Gasteiger partial charge in [-0.1, -0.05) is 30.3 Å². The van der Waals surface area contributed by atoms with Crippen molar-refractivity contribution in [2.24, 2.45) is 0 Å². The molecule has 0 fully saturated rings. The van der Waals surface area contributed by atoms with Crippen molar-refractivity contribution in [2.45, 2.75) is 26.1 Å². The van der Waals surface area contributed by atoms with Gasteiger partial charge in [-0.05, 0) is 29.8 Å². The van der Waals surface area contributed by atoms with E-state index in [1.165, 1.54) is 0 Å². The zero-order chi connectivity index (χ0) is 17.4. The van der Waals surface area contributed by atoms with Crippen LogP contribution in [0.15, 0.2) is 42.5 Å². The molecule has 2 heterocycles. The number of rotatable bonds is 3. The summed E-state index contributed by atoms with van der Waals surface area (Å²) in [6.45, 7) is 3.74. The van der Waals surface area contributed by atoms with Gasteiger partial charge in [-0.25, -0.2) is 0 Å². The Hall–Kier alpha value is -2.73. The number of aromatic nitrogens is 3. The van der Waals surface area contributed by atoms with Crippen molar-refractivity contribution in [3.8, 4) is 0 Å². The number of fused-ring (bicyclic) bond motifs is 2. The highest BCUT2D eigenvalue weighted by molar-refractivity contribution is 5.98. The minimum Gasteiger partial charge on any atom is -0.377 e. The van der Waals surface area contributed by atoms with E-state index in [-0.39, 0.29) is 11.9 Å². The second-order valence-electron chi connectivity index (χ2n) is 6.30. The lowest BCUT2D eigenvalue weighted by Crippen LogP contribution is -2.41. The van der Waals surface area contributed by atoms with Crippen LogP contribution in [-0.4, -0.2) is 39.2 Å². The monoisotopic (exact) mass is 336 g/mol. The van der Waals surface area contributed by atoms with Gasteiger partial charge in [-0.2, -0.15) is 0 Å². The number of ether oxygens (including phenoxy) is 1. The molecule has 0 radical (unpaired) electrons. The highest BCUT2D eigenvalue weighted by Gasteiger charge is 2.31. The topological polar surface area (TPSA) is 60.3 Å². The van der Waals surface area contributed by atoms with Crippen LogP contribution >= 0.6 is 0 Å². The number of amides is 1. The molecule has 4 rings (SSSR count). The maximum Gasteiger partial charge on any atom is 0.254 e. The molecule has 2 aromatic carbocycles. The summed E-state index contributed by atoms with van der Waals surface area (Å²) in [4.78, 5) is 14.9. The Morgan fingerprint density at radius 2 is 1.96 bits per heavy atom. The van der Waals surface area contributed by atoms with Gasteiger partial charge < -0.3 is 14.2 Å². The third-order valence-electron chi connectivity index (χ3n) is 4.79. The van der Waals surface area contributed by atoms with Crippen molar-refractivity contribution in [3.05, 3.63) is 59.7 Å². The van der Waals surface area contributed by atoms with E-state index in [2.05, 4.69) is 14.8 Å². The highest BCUT2D eigenvalue weighted by atomic mass is 16.5. The molecular weight excluding hydrogens is 316 g/mol. The molecule has 1 aliphatic heterocycles. The van der Waals surface area contributed by atoms with Crippen LogP contribution in [0.25, 0.3) is 10.8 Å². The average molecular weight is 336 g/mol. The molecule has 1 aliphatic rings. The van der Waals surface area contributed by atoms with Crippen molar-refractivity contribution in [2.75, 3.05) is 13.7 Å². The summed E-state index contributed by atoms with van der Waals surface area (Å²) >= 11 is 0. The van der Waals surface area contributed by atoms with E-state index in [0.29, 0.717) is 25.3 Å². The summed E-state index contributed by atoms with van der Waals surface area (Å²) in [5.41, 5.74) is 0.704. The van der Waals surface area contributed by atoms with Crippen LogP contribution in [-0.2, 0) is 17.9 Å². The van der Waals surface area contributed by atoms with Crippen molar-refractivity contribution < 1.29 is 9.53 Å². The first-order valence-corrected chi connectivity index (χ1v) is 8.39. The molecule has 6 nitrogen and oxygen atoms in total. The number of nitrogens with zero attached hydrogens (tertiary/aromatic N) is 4. The summed E-state index contributed by atoms with van der Waals surface area (Å²) in [7, 11) is 1.64. The van der Waals surface area contributed by atoms with Crippen molar-refractivity contribution in [1.82, 2.24) is 19.7 Å². The molecule has 0 spiro atoms. The van der Waals surface area contributed by atoms with E-state index < -0.39 is 0 Å². The third-order valence-corrected chi connectivity index (χ3v) is 4.79. The van der Waals surface area contributed by atoms with E-state index in [4.69, 9.17) is 4.74 Å². The van der Waals surface area contributed by atoms with E-state index >= 15 is 0 Å². The maximum absolute atomic E-state index is 13.0. The first kappa shape index (κ1) is 15.8. The lowest BCUT2D eigenvalue weighted by atomic mass is 10.1. The van der Waals surface area contributed by atoms with Gasteiger partial charge in [0.2, 0.25) is 0 Å². The van der Waals surface area contributed by atoms with Gasteiger partial charge >= 0.3 is 0 Å². The minimum atomic E-state index is -0.120. The molecule has 128 valence electrons. The SMILES string of the molecule is COCc1nnc2n1CCN(C(=O)c1ccc3ccccc3c1)[C@@H]2C. The zero-order valence-corrected chi connectivity index (χ0v) is 14.3. The minimum absolute atomic E-state index is 0.0285. The zero-order valence-electron chi connectivity index (χ0n) is 14.3. The molecule has 0 N–H and O–H groups in total. The fraction of sp³-hybridized carbons (Fsp3) is 0.316. The number of carbonyl (C=O) groups excluding carboxylic acids is 1. The molecule has 1 aromatic heterocycles. The Morgan fingerprint density at radius 1 is 1.16 bits per heavy atom. The lowest BCUT2D eigenvalue weighted by Gasteiger charge is -2.33. The Kier molecular flexibility index (Phi) is 3.97. The lowest BCUT2D eigenvalue weighted by molar-refractivity contribution is 0.0632. The second-order valence-corrected chi connectivity index (χ2v) is 6.30. The van der Waals surface area contributed by atoms with Crippen LogP contribution < -0.4 is 0 Å². The van der Waals surface area contributed by atoms with Gasteiger partial charge in [0.1, 0.15) is 6.61 Å². The maximum atomic E-state index is 13.0. The smallest absolute Gasteiger partial charge is 0.254 e. The Bertz CT molecular complexity index is 934. The van der Waals surface area contributed by atoms with E-state index in [1.807, 2.05) is 54.3 Å². The van der Waals surface area contributed by atoms with Crippen LogP contribution in [0.2, 0.25) is 0 Å². The number of benzene rings is 2. The molecule has 1 amide bonds. The molecule has 25 heavy (non-hydrogen) atoms. The third kappa shape index (κ3) is 2.68. The van der Waals surface area contributed by atoms with E-state index in [1.54, 1.807) is 7.11 Å². The number of carbonyl (C=O) groups is 1. The summed E-state index contributed by atoms with van der Waals surface area (Å²) in [6, 6.07) is 13.8. The molecule has 0 unspecified atom stereocenters. The van der Waals surface area contributed by atoms with Crippen LogP contribution in [0.1, 0.15) is 35.0 Å². The van der Waals surface area contributed by atoms with Crippen molar-refractivity contribution in [3.63, 3.8) is 0 Å². The first-order chi connectivity index (χ1) is 12.2. The summed E-state index contributed by atoms with van der Waals surface area (Å²) in [6.07, 6.45) is 0. The molecule has 0 aliphatic carbocycles. The standard InChI is InChI=1S/C19H20N4O2/c1-13-18-21-20-17(12-25-2)23(18)10-9-22(13)19(24)16-8-7-14-5-3-4-6-15(14)11-16/h3-8,11,13H,9-10,12H2,1-2H3/t13-/m1/s1. The predicted molar refractivity (Wildman–Crippen MR) is 94.1 cm³/mol. The fourth-order valence-electron chi connectivity index (χ4n) is 3.44. The molecular formula is C19H20N4O2. The quantitative estimate of drug-likeness (QED) is 0.738. The number of hydrogen-bond donors (Lipinski definition) is 0. The highest BCUT2D eigenvalue weighted by Crippen LogP contribution is 2.27. The van der Waals surface area contributed by atoms with Crippen LogP contribution in [0.5, 0.6) is 0 Å². The van der Waals surface area contributed by atoms with Gasteiger partial charge in [0.25, 0.3) is 5.91 Å². The first-order valence-electron chi connectivity index (χ1n) is 8.39. The molecule has 0 bridgehead atoms. The number of hydrogen-bond acceptors (Lipinski definition) is 4. The molecule has 0 saturated carbocycles. The molecule has 6 heteroatoms. The second kappa shape index (κ2) is 6.29. The van der Waals surface area contributed by atoms with Gasteiger partial charge in [0.05, 0.1) is 6.04 Å². The molecule has 3 aromatic rings. The summed E-state index contributed by atoms with van der Waals surface area (Å²) < 4.78 is 7.22. The average Bonchev–Trinajstić information content (AvgIpc) is 3.05. The van der Waals surface area contributed by atoms with Gasteiger partial charge in [0, 0.05) is 25.8 Å². The van der Waals surface area contributed by atoms with Crippen LogP contribution in [0.3, 0.4) is 0 Å². The van der Waals surface area contributed by atoms with Crippen LogP contribution in [0, 0.1) is 0 Å². The van der Waals surface area contributed by atoms with E-state index in [0.717, 1.165) is 22.4 Å². The van der Waals surface area contributed by atoms with Crippen molar-refractivity contribution in [1.29, 1.82) is 0 Å². The normalized spacial score (nSPS) is 16.9. The van der Waals surface area contributed by atoms with Gasteiger partial charge in [-0.15, -0.1) is 10.2 Å².